The van der Waals surface area contributed by atoms with Crippen molar-refractivity contribution in [3.63, 3.8) is 0 Å². The smallest absolute Gasteiger partial charge is 0.243 e. The molecule has 5 heteroatoms. The molecule has 2 unspecified atom stereocenters. The molecule has 1 aromatic carbocycles. The second kappa shape index (κ2) is 9.63. The van der Waals surface area contributed by atoms with Gasteiger partial charge in [-0.15, -0.1) is 11.8 Å². The highest BCUT2D eigenvalue weighted by molar-refractivity contribution is 8.00. The van der Waals surface area contributed by atoms with Crippen LogP contribution in [0.2, 0.25) is 0 Å². The molecule has 27 heavy (non-hydrogen) atoms. The zero-order valence-corrected chi connectivity index (χ0v) is 17.3. The molecule has 1 aromatic rings. The quantitative estimate of drug-likeness (QED) is 0.795. The van der Waals surface area contributed by atoms with Crippen LogP contribution < -0.4 is 5.32 Å². The maximum Gasteiger partial charge on any atom is 0.243 e. The van der Waals surface area contributed by atoms with Crippen LogP contribution >= 0.6 is 11.8 Å². The second-order valence-corrected chi connectivity index (χ2v) is 9.43. The fourth-order valence-electron chi connectivity index (χ4n) is 4.11. The molecular weight excluding hydrogens is 356 g/mol. The van der Waals surface area contributed by atoms with Crippen LogP contribution in [0.3, 0.4) is 0 Å². The van der Waals surface area contributed by atoms with Crippen LogP contribution in [0, 0.1) is 11.8 Å². The summed E-state index contributed by atoms with van der Waals surface area (Å²) in [7, 11) is 0. The van der Waals surface area contributed by atoms with Gasteiger partial charge in [-0.2, -0.15) is 0 Å². The first-order chi connectivity index (χ1) is 13.1. The van der Waals surface area contributed by atoms with Gasteiger partial charge in [-0.3, -0.25) is 9.59 Å². The van der Waals surface area contributed by atoms with Gasteiger partial charge < -0.3 is 10.2 Å². The normalized spacial score (nSPS) is 23.6. The van der Waals surface area contributed by atoms with Crippen molar-refractivity contribution in [1.29, 1.82) is 0 Å². The van der Waals surface area contributed by atoms with E-state index in [1.165, 1.54) is 6.42 Å². The van der Waals surface area contributed by atoms with E-state index in [9.17, 15) is 9.59 Å². The molecule has 3 rings (SSSR count). The van der Waals surface area contributed by atoms with E-state index in [1.54, 1.807) is 11.8 Å². The van der Waals surface area contributed by atoms with E-state index in [1.807, 2.05) is 35.2 Å². The Morgan fingerprint density at radius 2 is 1.85 bits per heavy atom. The Balaban J connectivity index is 1.69. The van der Waals surface area contributed by atoms with Crippen LogP contribution in [0.5, 0.6) is 0 Å². The van der Waals surface area contributed by atoms with Gasteiger partial charge >= 0.3 is 0 Å². The highest BCUT2D eigenvalue weighted by Crippen LogP contribution is 2.37. The van der Waals surface area contributed by atoms with E-state index < -0.39 is 0 Å². The molecule has 0 bridgehead atoms. The third kappa shape index (κ3) is 5.28. The Morgan fingerprint density at radius 3 is 2.52 bits per heavy atom. The van der Waals surface area contributed by atoms with E-state index in [2.05, 4.69) is 19.2 Å². The lowest BCUT2D eigenvalue weighted by Crippen LogP contribution is -2.51. The Hall–Kier alpha value is -1.49. The number of amides is 2. The summed E-state index contributed by atoms with van der Waals surface area (Å²) in [4.78, 5) is 28.2. The van der Waals surface area contributed by atoms with Gasteiger partial charge in [0.05, 0.1) is 5.37 Å². The molecule has 2 fully saturated rings. The lowest BCUT2D eigenvalue weighted by atomic mass is 9.87. The minimum Gasteiger partial charge on any atom is -0.350 e. The highest BCUT2D eigenvalue weighted by Gasteiger charge is 2.43. The van der Waals surface area contributed by atoms with Crippen LogP contribution in [0.1, 0.15) is 57.9 Å². The maximum absolute atomic E-state index is 13.3. The van der Waals surface area contributed by atoms with Crippen LogP contribution in [-0.4, -0.2) is 33.9 Å². The van der Waals surface area contributed by atoms with Crippen LogP contribution in [0.15, 0.2) is 30.3 Å². The molecule has 2 amide bonds. The minimum absolute atomic E-state index is 0.0123. The van der Waals surface area contributed by atoms with Crippen molar-refractivity contribution >= 4 is 23.6 Å². The third-order valence-corrected chi connectivity index (χ3v) is 6.90. The molecule has 148 valence electrons. The first-order valence-electron chi connectivity index (χ1n) is 10.3. The molecular formula is C22H32N2O2S. The fourth-order valence-corrected chi connectivity index (χ4v) is 5.76. The fraction of sp³-hybridized carbons (Fsp3) is 0.636. The molecule has 2 atom stereocenters. The molecule has 0 aromatic heterocycles. The second-order valence-electron chi connectivity index (χ2n) is 8.22. The maximum atomic E-state index is 13.3. The number of rotatable bonds is 6. The highest BCUT2D eigenvalue weighted by atomic mass is 32.2. The van der Waals surface area contributed by atoms with Crippen LogP contribution in [-0.2, 0) is 16.1 Å². The summed E-state index contributed by atoms with van der Waals surface area (Å²) in [6.45, 7) is 4.89. The molecule has 1 aliphatic carbocycles. The van der Waals surface area contributed by atoms with E-state index in [0.29, 0.717) is 18.2 Å². The van der Waals surface area contributed by atoms with Gasteiger partial charge in [0.1, 0.15) is 6.04 Å². The molecule has 1 saturated carbocycles. The first kappa shape index (κ1) is 20.2. The zero-order chi connectivity index (χ0) is 19.2. The molecule has 1 heterocycles. The predicted octanol–water partition coefficient (Wildman–Crippen LogP) is 4.20. The Kier molecular flexibility index (Phi) is 7.22. The number of carbonyl (C=O) groups excluding carboxylic acids is 2. The van der Waals surface area contributed by atoms with Gasteiger partial charge in [0, 0.05) is 18.2 Å². The van der Waals surface area contributed by atoms with Crippen molar-refractivity contribution in [2.45, 2.75) is 70.3 Å². The molecule has 2 aliphatic rings. The summed E-state index contributed by atoms with van der Waals surface area (Å²) < 4.78 is 0. The van der Waals surface area contributed by atoms with E-state index in [0.717, 1.165) is 37.7 Å². The van der Waals surface area contributed by atoms with E-state index in [4.69, 9.17) is 0 Å². The van der Waals surface area contributed by atoms with Gasteiger partial charge in [-0.25, -0.2) is 0 Å². The predicted molar refractivity (Wildman–Crippen MR) is 111 cm³/mol. The van der Waals surface area contributed by atoms with Crippen molar-refractivity contribution < 1.29 is 9.59 Å². The Labute approximate surface area is 167 Å². The Bertz CT molecular complexity index is 628. The summed E-state index contributed by atoms with van der Waals surface area (Å²) in [6.07, 6.45) is 6.41. The summed E-state index contributed by atoms with van der Waals surface area (Å²) in [5, 5.41) is 3.19. The monoisotopic (exact) mass is 388 g/mol. The lowest BCUT2D eigenvalue weighted by Gasteiger charge is -2.34. The zero-order valence-electron chi connectivity index (χ0n) is 16.5. The summed E-state index contributed by atoms with van der Waals surface area (Å²) in [5.74, 6) is 1.52. The minimum atomic E-state index is -0.336. The average Bonchev–Trinajstić information content (AvgIpc) is 3.10. The van der Waals surface area contributed by atoms with Gasteiger partial charge in [0.2, 0.25) is 11.8 Å². The van der Waals surface area contributed by atoms with Gasteiger partial charge in [0.15, 0.2) is 0 Å². The number of nitrogens with zero attached hydrogens (tertiary/aromatic N) is 1. The number of hydrogen-bond donors (Lipinski definition) is 1. The van der Waals surface area contributed by atoms with Crippen molar-refractivity contribution in [3.8, 4) is 0 Å². The number of hydrogen-bond acceptors (Lipinski definition) is 3. The van der Waals surface area contributed by atoms with Gasteiger partial charge in [0.25, 0.3) is 0 Å². The number of benzene rings is 1. The summed E-state index contributed by atoms with van der Waals surface area (Å²) >= 11 is 1.77. The summed E-state index contributed by atoms with van der Waals surface area (Å²) in [6, 6.07) is 9.61. The lowest BCUT2D eigenvalue weighted by molar-refractivity contribution is -0.144. The number of thioether (sulfide) groups is 1. The molecule has 4 nitrogen and oxygen atoms in total. The Morgan fingerprint density at radius 1 is 1.15 bits per heavy atom. The molecule has 0 spiro atoms. The SMILES string of the molecule is CC(C)CC1SCC(C(=O)NCc2ccccc2)N1C(=O)C1CCCCC1. The largest absolute Gasteiger partial charge is 0.350 e. The molecule has 0 radical (unpaired) electrons. The summed E-state index contributed by atoms with van der Waals surface area (Å²) in [5.41, 5.74) is 1.08. The van der Waals surface area contributed by atoms with Crippen LogP contribution in [0.4, 0.5) is 0 Å². The van der Waals surface area contributed by atoms with Crippen molar-refractivity contribution in [1.82, 2.24) is 10.2 Å². The van der Waals surface area contributed by atoms with Gasteiger partial charge in [-0.1, -0.05) is 63.4 Å². The third-order valence-electron chi connectivity index (χ3n) is 5.59. The number of carbonyl (C=O) groups is 2. The topological polar surface area (TPSA) is 49.4 Å². The number of nitrogens with one attached hydrogen (secondary N) is 1. The van der Waals surface area contributed by atoms with Gasteiger partial charge in [-0.05, 0) is 30.7 Å². The van der Waals surface area contributed by atoms with Crippen molar-refractivity contribution in [3.05, 3.63) is 35.9 Å². The average molecular weight is 389 g/mol. The standard InChI is InChI=1S/C22H32N2O2S/c1-16(2)13-20-24(22(26)18-11-7-4-8-12-18)19(15-27-20)21(25)23-14-17-9-5-3-6-10-17/h3,5-6,9-10,16,18-20H,4,7-8,11-15H2,1-2H3,(H,23,25). The first-order valence-corrected chi connectivity index (χ1v) is 11.4. The molecule has 1 N–H and O–H groups in total. The van der Waals surface area contributed by atoms with Crippen molar-refractivity contribution in [2.24, 2.45) is 11.8 Å². The molecule has 1 saturated heterocycles. The van der Waals surface area contributed by atoms with Crippen LogP contribution in [0.25, 0.3) is 0 Å². The van der Waals surface area contributed by atoms with E-state index in [-0.39, 0.29) is 29.1 Å². The molecule has 1 aliphatic heterocycles. The van der Waals surface area contributed by atoms with E-state index >= 15 is 0 Å². The van der Waals surface area contributed by atoms with Crippen molar-refractivity contribution in [2.75, 3.05) is 5.75 Å².